The van der Waals surface area contributed by atoms with E-state index in [9.17, 15) is 9.59 Å². The van der Waals surface area contributed by atoms with Gasteiger partial charge in [-0.1, -0.05) is 24.0 Å². The van der Waals surface area contributed by atoms with Crippen LogP contribution in [-0.4, -0.2) is 32.7 Å². The second-order valence-electron chi connectivity index (χ2n) is 3.30. The number of carboxylic acids is 1. The van der Waals surface area contributed by atoms with Gasteiger partial charge in [0, 0.05) is 6.08 Å². The van der Waals surface area contributed by atoms with E-state index in [2.05, 4.69) is 0 Å². The first-order chi connectivity index (χ1) is 8.47. The van der Waals surface area contributed by atoms with Crippen LogP contribution in [0.25, 0.3) is 6.08 Å². The number of aliphatic carboxylic acids is 1. The number of hydrogen-bond acceptors (Lipinski definition) is 5. The summed E-state index contributed by atoms with van der Waals surface area (Å²) in [4.78, 5) is 23.9. The van der Waals surface area contributed by atoms with Crippen molar-refractivity contribution >= 4 is 68.8 Å². The molecule has 1 fully saturated rings. The molecule has 1 saturated heterocycles. The number of carbonyl (C=O) groups is 2. The smallest absolute Gasteiger partial charge is 0.323 e. The Labute approximate surface area is 125 Å². The number of furan rings is 1. The maximum absolute atomic E-state index is 11.9. The van der Waals surface area contributed by atoms with E-state index in [1.54, 1.807) is 18.2 Å². The second kappa shape index (κ2) is 5.41. The Morgan fingerprint density at radius 2 is 2.33 bits per heavy atom. The van der Waals surface area contributed by atoms with E-state index < -0.39 is 18.4 Å². The third kappa shape index (κ3) is 2.93. The zero-order chi connectivity index (χ0) is 13.3. The summed E-state index contributed by atoms with van der Waals surface area (Å²) in [6.45, 7) is -0.419. The third-order valence-corrected chi connectivity index (χ3v) is 3.99. The summed E-state index contributed by atoms with van der Waals surface area (Å²) in [5.41, 5.74) is 0. The lowest BCUT2D eigenvalue weighted by Crippen LogP contribution is -2.33. The largest absolute Gasteiger partial charge is 0.480 e. The lowest BCUT2D eigenvalue weighted by Gasteiger charge is -2.09. The van der Waals surface area contributed by atoms with Gasteiger partial charge in [0.2, 0.25) is 0 Å². The number of nitrogens with zero attached hydrogens (tertiary/aromatic N) is 1. The van der Waals surface area contributed by atoms with Gasteiger partial charge in [0.1, 0.15) is 16.6 Å². The van der Waals surface area contributed by atoms with Crippen molar-refractivity contribution in [1.29, 1.82) is 0 Å². The molecule has 0 spiro atoms. The molecule has 5 nitrogen and oxygen atoms in total. The van der Waals surface area contributed by atoms with E-state index in [0.29, 0.717) is 14.4 Å². The van der Waals surface area contributed by atoms with Crippen molar-refractivity contribution in [2.24, 2.45) is 0 Å². The number of halogens is 1. The molecule has 1 aromatic heterocycles. The molecule has 0 saturated carbocycles. The maximum Gasteiger partial charge on any atom is 0.323 e. The van der Waals surface area contributed by atoms with Crippen molar-refractivity contribution in [3.63, 3.8) is 0 Å². The first-order valence-corrected chi connectivity index (χ1v) is 7.00. The van der Waals surface area contributed by atoms with Crippen molar-refractivity contribution in [2.45, 2.75) is 0 Å². The number of amides is 1. The fraction of sp³-hybridized carbons (Fsp3) is 0.100. The van der Waals surface area contributed by atoms with Crippen molar-refractivity contribution in [3.8, 4) is 0 Å². The fourth-order valence-corrected chi connectivity index (χ4v) is 2.98. The molecule has 2 heterocycles. The Hall–Kier alpha value is -0.870. The summed E-state index contributed by atoms with van der Waals surface area (Å²) < 4.78 is 6.27. The lowest BCUT2D eigenvalue weighted by molar-refractivity contribution is -0.140. The molecule has 1 aliphatic heterocycles. The van der Waals surface area contributed by atoms with Crippen LogP contribution in [0.1, 0.15) is 5.76 Å². The van der Waals surface area contributed by atoms with Crippen LogP contribution >= 0.6 is 46.6 Å². The minimum absolute atomic E-state index is 0.245. The predicted octanol–water partition coefficient (Wildman–Crippen LogP) is 2.17. The summed E-state index contributed by atoms with van der Waals surface area (Å²) >= 11 is 8.05. The van der Waals surface area contributed by atoms with Crippen molar-refractivity contribution in [3.05, 3.63) is 26.6 Å². The molecule has 0 atom stereocenters. The molecule has 2 rings (SSSR count). The van der Waals surface area contributed by atoms with Gasteiger partial charge in [-0.15, -0.1) is 0 Å². The zero-order valence-corrected chi connectivity index (χ0v) is 12.5. The van der Waals surface area contributed by atoms with Gasteiger partial charge in [-0.3, -0.25) is 14.5 Å². The number of carbonyl (C=O) groups excluding carboxylic acids is 1. The van der Waals surface area contributed by atoms with Crippen LogP contribution in [0.3, 0.4) is 0 Å². The Balaban J connectivity index is 2.22. The van der Waals surface area contributed by atoms with Crippen LogP contribution in [-0.2, 0) is 9.59 Å². The van der Waals surface area contributed by atoms with Crippen LogP contribution in [0.5, 0.6) is 0 Å². The fourth-order valence-electron chi connectivity index (χ4n) is 1.31. The second-order valence-corrected chi connectivity index (χ2v) is 6.04. The maximum atomic E-state index is 11.9. The molecule has 1 amide bonds. The highest BCUT2D eigenvalue weighted by Crippen LogP contribution is 2.32. The number of thiocarbonyl (C=S) groups is 1. The Bertz CT molecular complexity index is 566. The number of hydrogen-bond donors (Lipinski definition) is 1. The first kappa shape index (κ1) is 13.6. The molecule has 18 heavy (non-hydrogen) atoms. The summed E-state index contributed by atoms with van der Waals surface area (Å²) in [6.07, 6.45) is 1.56. The van der Waals surface area contributed by atoms with Gasteiger partial charge in [0.15, 0.2) is 3.77 Å². The zero-order valence-electron chi connectivity index (χ0n) is 8.75. The molecular weight excluding hydrogens is 389 g/mol. The van der Waals surface area contributed by atoms with Crippen LogP contribution in [0.15, 0.2) is 21.5 Å². The highest BCUT2D eigenvalue weighted by atomic mass is 127. The van der Waals surface area contributed by atoms with Gasteiger partial charge < -0.3 is 9.52 Å². The molecule has 8 heteroatoms. The van der Waals surface area contributed by atoms with E-state index in [-0.39, 0.29) is 4.32 Å². The topological polar surface area (TPSA) is 70.8 Å². The molecular formula is C10H6INO4S2. The van der Waals surface area contributed by atoms with Crippen LogP contribution in [0, 0.1) is 3.77 Å². The van der Waals surface area contributed by atoms with Gasteiger partial charge in [0.05, 0.1) is 4.91 Å². The third-order valence-electron chi connectivity index (χ3n) is 2.03. The molecule has 0 unspecified atom stereocenters. The standard InChI is InChI=1S/C10H6INO4S2/c11-7-2-1-5(16-7)3-6-9(15)12(4-8(13)14)10(17)18-6/h1-3H,4H2,(H,13,14)/b6-3-. The normalized spacial score (nSPS) is 17.8. The van der Waals surface area contributed by atoms with Gasteiger partial charge in [0.25, 0.3) is 5.91 Å². The van der Waals surface area contributed by atoms with E-state index >= 15 is 0 Å². The summed E-state index contributed by atoms with van der Waals surface area (Å²) in [5, 5.41) is 8.69. The van der Waals surface area contributed by atoms with E-state index in [0.717, 1.165) is 16.7 Å². The first-order valence-electron chi connectivity index (χ1n) is 4.70. The number of carboxylic acid groups (broad SMARTS) is 1. The van der Waals surface area contributed by atoms with E-state index in [4.69, 9.17) is 21.7 Å². The average Bonchev–Trinajstić information content (AvgIpc) is 2.78. The summed E-state index contributed by atoms with van der Waals surface area (Å²) in [6, 6.07) is 3.50. The highest BCUT2D eigenvalue weighted by molar-refractivity contribution is 14.1. The van der Waals surface area contributed by atoms with Gasteiger partial charge in [-0.2, -0.15) is 0 Å². The van der Waals surface area contributed by atoms with Crippen molar-refractivity contribution in [1.82, 2.24) is 4.90 Å². The van der Waals surface area contributed by atoms with Crippen LogP contribution < -0.4 is 0 Å². The number of thioether (sulfide) groups is 1. The minimum Gasteiger partial charge on any atom is -0.480 e. The molecule has 1 aromatic rings. The lowest BCUT2D eigenvalue weighted by atomic mass is 10.3. The monoisotopic (exact) mass is 395 g/mol. The summed E-state index contributed by atoms with van der Waals surface area (Å²) in [7, 11) is 0. The molecule has 0 aliphatic carbocycles. The molecule has 0 radical (unpaired) electrons. The highest BCUT2D eigenvalue weighted by Gasteiger charge is 2.33. The van der Waals surface area contributed by atoms with Crippen molar-refractivity contribution in [2.75, 3.05) is 6.54 Å². The molecule has 1 N–H and O–H groups in total. The van der Waals surface area contributed by atoms with Crippen LogP contribution in [0.4, 0.5) is 0 Å². The average molecular weight is 395 g/mol. The molecule has 0 bridgehead atoms. The summed E-state index contributed by atoms with van der Waals surface area (Å²) in [5.74, 6) is -0.964. The SMILES string of the molecule is O=C(O)CN1C(=O)/C(=C/c2ccc(I)o2)SC1=S. The number of rotatable bonds is 3. The quantitative estimate of drug-likeness (QED) is 0.481. The van der Waals surface area contributed by atoms with Gasteiger partial charge in [-0.25, -0.2) is 0 Å². The van der Waals surface area contributed by atoms with E-state index in [1.807, 2.05) is 22.6 Å². The Morgan fingerprint density at radius 3 is 2.89 bits per heavy atom. The Kier molecular flexibility index (Phi) is 4.07. The minimum atomic E-state index is -1.10. The predicted molar refractivity (Wildman–Crippen MR) is 78.9 cm³/mol. The Morgan fingerprint density at radius 1 is 1.61 bits per heavy atom. The molecule has 1 aliphatic rings. The molecule has 0 aromatic carbocycles. The van der Waals surface area contributed by atoms with Crippen LogP contribution in [0.2, 0.25) is 0 Å². The van der Waals surface area contributed by atoms with E-state index in [1.165, 1.54) is 0 Å². The van der Waals surface area contributed by atoms with Crippen molar-refractivity contribution < 1.29 is 19.1 Å². The molecule has 94 valence electrons. The van der Waals surface area contributed by atoms with Gasteiger partial charge in [-0.05, 0) is 34.7 Å². The van der Waals surface area contributed by atoms with Gasteiger partial charge >= 0.3 is 5.97 Å².